The first-order valence-corrected chi connectivity index (χ1v) is 13.8. The van der Waals surface area contributed by atoms with Crippen molar-refractivity contribution >= 4 is 17.6 Å². The molecule has 5 rings (SSSR count). The molecule has 8 heteroatoms. The smallest absolute Gasteiger partial charge is 0.322 e. The molecule has 1 saturated heterocycles. The molecule has 39 heavy (non-hydrogen) atoms. The number of nitrogens with one attached hydrogen (secondary N) is 1. The van der Waals surface area contributed by atoms with Crippen LogP contribution < -0.4 is 11.1 Å². The summed E-state index contributed by atoms with van der Waals surface area (Å²) in [5, 5.41) is 3.33. The highest BCUT2D eigenvalue weighted by Crippen LogP contribution is 2.46. The van der Waals surface area contributed by atoms with Crippen LogP contribution in [0.2, 0.25) is 0 Å². The van der Waals surface area contributed by atoms with Gasteiger partial charge in [0.05, 0.1) is 17.8 Å². The topological polar surface area (TPSA) is 94.3 Å². The van der Waals surface area contributed by atoms with Crippen molar-refractivity contribution in [3.05, 3.63) is 82.7 Å². The monoisotopic (exact) mass is 528 g/mol. The fraction of sp³-hybridized carbons (Fsp3) is 0.452. The highest BCUT2D eigenvalue weighted by Gasteiger charge is 2.50. The molecule has 1 unspecified atom stereocenters. The first-order chi connectivity index (χ1) is 18.6. The Morgan fingerprint density at radius 2 is 1.77 bits per heavy atom. The molecule has 1 spiro atoms. The number of fused-ring (bicyclic) bond motifs is 1. The molecule has 2 fully saturated rings. The first-order valence-electron chi connectivity index (χ1n) is 13.8. The molecule has 8 nitrogen and oxygen atoms in total. The Balaban J connectivity index is 1.37. The maximum atomic E-state index is 13.3. The predicted molar refractivity (Wildman–Crippen MR) is 154 cm³/mol. The summed E-state index contributed by atoms with van der Waals surface area (Å²) in [4.78, 5) is 36.3. The van der Waals surface area contributed by atoms with Crippen molar-refractivity contribution in [3.63, 3.8) is 0 Å². The maximum absolute atomic E-state index is 13.3. The number of amides is 3. The van der Waals surface area contributed by atoms with Gasteiger partial charge in [-0.1, -0.05) is 42.5 Å². The fourth-order valence-electron chi connectivity index (χ4n) is 6.56. The molecular weight excluding hydrogens is 488 g/mol. The number of aliphatic imine (C=N–C) groups is 1. The summed E-state index contributed by atoms with van der Waals surface area (Å²) in [6, 6.07) is 16.0. The van der Waals surface area contributed by atoms with Gasteiger partial charge in [0.15, 0.2) is 0 Å². The van der Waals surface area contributed by atoms with Crippen LogP contribution in [0, 0.1) is 0 Å². The Kier molecular flexibility index (Phi) is 7.11. The summed E-state index contributed by atoms with van der Waals surface area (Å²) in [6.45, 7) is 4.96. The van der Waals surface area contributed by atoms with Crippen molar-refractivity contribution in [2.45, 2.75) is 63.2 Å². The number of benzene rings is 2. The van der Waals surface area contributed by atoms with Crippen LogP contribution in [0.25, 0.3) is 0 Å². The molecule has 0 radical (unpaired) electrons. The van der Waals surface area contributed by atoms with E-state index in [9.17, 15) is 9.59 Å². The second-order valence-electron chi connectivity index (χ2n) is 11.6. The van der Waals surface area contributed by atoms with E-state index in [2.05, 4.69) is 54.6 Å². The van der Waals surface area contributed by atoms with Gasteiger partial charge in [0, 0.05) is 48.2 Å². The van der Waals surface area contributed by atoms with Gasteiger partial charge < -0.3 is 16.0 Å². The number of nitrogens with two attached hydrogens (primary N) is 1. The van der Waals surface area contributed by atoms with Crippen molar-refractivity contribution in [2.24, 2.45) is 10.7 Å². The van der Waals surface area contributed by atoms with Crippen LogP contribution >= 0.6 is 0 Å². The molecule has 206 valence electrons. The van der Waals surface area contributed by atoms with Crippen molar-refractivity contribution in [1.82, 2.24) is 20.0 Å². The lowest BCUT2D eigenvalue weighted by molar-refractivity contribution is 0.0627. The number of urea groups is 1. The lowest BCUT2D eigenvalue weighted by Gasteiger charge is -2.48. The average molecular weight is 529 g/mol. The molecule has 0 aromatic heterocycles. The number of nitrogens with zero attached hydrogens (tertiary/aromatic N) is 4. The molecule has 1 atom stereocenters. The van der Waals surface area contributed by atoms with Crippen LogP contribution in [0.1, 0.15) is 66.6 Å². The van der Waals surface area contributed by atoms with Crippen LogP contribution in [0.4, 0.5) is 4.79 Å². The van der Waals surface area contributed by atoms with E-state index in [0.717, 1.165) is 48.1 Å². The largest absolute Gasteiger partial charge is 0.337 e. The SMILES string of the molecule is CC(=N/C=C(\C(C)N)N1CC2(CCC(c3ccccc3)(N(C)C)CC2)NC1=O)c1cccc2c1CN(C)C2=O. The summed E-state index contributed by atoms with van der Waals surface area (Å²) in [5.74, 6) is 0.0310. The fourth-order valence-corrected chi connectivity index (χ4v) is 6.56. The molecule has 2 heterocycles. The average Bonchev–Trinajstić information content (AvgIpc) is 3.39. The Hall–Kier alpha value is -3.49. The second-order valence-corrected chi connectivity index (χ2v) is 11.6. The molecule has 1 saturated carbocycles. The van der Waals surface area contributed by atoms with Gasteiger partial charge in [0.25, 0.3) is 5.91 Å². The molecule has 3 aliphatic rings. The van der Waals surface area contributed by atoms with E-state index in [4.69, 9.17) is 10.7 Å². The van der Waals surface area contributed by atoms with Crippen LogP contribution in [0.5, 0.6) is 0 Å². The maximum Gasteiger partial charge on any atom is 0.322 e. The summed E-state index contributed by atoms with van der Waals surface area (Å²) in [7, 11) is 6.11. The quantitative estimate of drug-likeness (QED) is 0.553. The van der Waals surface area contributed by atoms with Gasteiger partial charge in [-0.3, -0.25) is 19.6 Å². The number of hydrogen-bond donors (Lipinski definition) is 2. The Labute approximate surface area is 231 Å². The first kappa shape index (κ1) is 27.1. The molecule has 1 aliphatic carbocycles. The Morgan fingerprint density at radius 1 is 1.08 bits per heavy atom. The van der Waals surface area contributed by atoms with Crippen LogP contribution in [-0.2, 0) is 12.1 Å². The number of carbonyl (C=O) groups excluding carboxylic acids is 2. The van der Waals surface area contributed by atoms with E-state index in [-0.39, 0.29) is 29.1 Å². The van der Waals surface area contributed by atoms with E-state index in [1.54, 1.807) is 16.0 Å². The summed E-state index contributed by atoms with van der Waals surface area (Å²) >= 11 is 0. The van der Waals surface area contributed by atoms with Crippen molar-refractivity contribution in [2.75, 3.05) is 27.7 Å². The van der Waals surface area contributed by atoms with Crippen LogP contribution in [-0.4, -0.2) is 71.6 Å². The summed E-state index contributed by atoms with van der Waals surface area (Å²) in [5.41, 5.74) is 11.5. The van der Waals surface area contributed by atoms with E-state index >= 15 is 0 Å². The summed E-state index contributed by atoms with van der Waals surface area (Å²) in [6.07, 6.45) is 5.41. The number of hydrogen-bond acceptors (Lipinski definition) is 5. The highest BCUT2D eigenvalue weighted by atomic mass is 16.2. The molecule has 3 amide bonds. The lowest BCUT2D eigenvalue weighted by Crippen LogP contribution is -2.54. The Bertz CT molecular complexity index is 1320. The molecule has 0 bridgehead atoms. The van der Waals surface area contributed by atoms with Gasteiger partial charge >= 0.3 is 6.03 Å². The molecule has 2 aromatic rings. The van der Waals surface area contributed by atoms with Gasteiger partial charge in [-0.2, -0.15) is 0 Å². The van der Waals surface area contributed by atoms with E-state index in [0.29, 0.717) is 18.8 Å². The second kappa shape index (κ2) is 10.2. The van der Waals surface area contributed by atoms with Gasteiger partial charge in [-0.15, -0.1) is 0 Å². The summed E-state index contributed by atoms with van der Waals surface area (Å²) < 4.78 is 0. The molecule has 3 N–H and O–H groups in total. The molecular formula is C31H40N6O2. The van der Waals surface area contributed by atoms with Crippen molar-refractivity contribution < 1.29 is 9.59 Å². The van der Waals surface area contributed by atoms with E-state index in [1.807, 2.05) is 39.1 Å². The highest BCUT2D eigenvalue weighted by molar-refractivity contribution is 6.06. The zero-order chi connectivity index (χ0) is 27.9. The standard InChI is InChI=1S/C31H40N6O2/c1-21(32)27(18-33-22(2)24-12-9-13-25-26(24)19-36(5)28(25)38)37-20-30(34-29(37)39)14-16-31(17-15-30,35(3)4)23-10-7-6-8-11-23/h6-13,18,21H,14-17,19-20,32H2,1-5H3,(H,34,39)/b27-18+,33-22?. The number of carbonyl (C=O) groups is 2. The van der Waals surface area contributed by atoms with Gasteiger partial charge in [-0.25, -0.2) is 4.79 Å². The van der Waals surface area contributed by atoms with Gasteiger partial charge in [0.1, 0.15) is 0 Å². The van der Waals surface area contributed by atoms with Gasteiger partial charge in [0.2, 0.25) is 0 Å². The van der Waals surface area contributed by atoms with Crippen molar-refractivity contribution in [1.29, 1.82) is 0 Å². The van der Waals surface area contributed by atoms with Crippen LogP contribution in [0.15, 0.2) is 65.4 Å². The minimum atomic E-state index is -0.370. The van der Waals surface area contributed by atoms with E-state index < -0.39 is 0 Å². The van der Waals surface area contributed by atoms with Gasteiger partial charge in [-0.05, 0) is 70.8 Å². The third-order valence-electron chi connectivity index (χ3n) is 8.99. The van der Waals surface area contributed by atoms with Crippen molar-refractivity contribution in [3.8, 4) is 0 Å². The normalized spacial score (nSPS) is 26.4. The third-order valence-corrected chi connectivity index (χ3v) is 8.99. The number of rotatable bonds is 6. The third kappa shape index (κ3) is 4.76. The minimum Gasteiger partial charge on any atom is -0.337 e. The van der Waals surface area contributed by atoms with E-state index in [1.165, 1.54) is 5.56 Å². The lowest BCUT2D eigenvalue weighted by atomic mass is 9.69. The predicted octanol–water partition coefficient (Wildman–Crippen LogP) is 4.06. The molecule has 2 aliphatic heterocycles. The minimum absolute atomic E-state index is 0.0310. The van der Waals surface area contributed by atoms with Crippen LogP contribution in [0.3, 0.4) is 0 Å². The Morgan fingerprint density at radius 3 is 2.41 bits per heavy atom. The molecule has 2 aromatic carbocycles. The zero-order valence-electron chi connectivity index (χ0n) is 23.7. The zero-order valence-corrected chi connectivity index (χ0v) is 23.7.